The fourth-order valence-corrected chi connectivity index (χ4v) is 2.49. The molecule has 7 heteroatoms. The third kappa shape index (κ3) is 5.00. The molecule has 0 saturated heterocycles. The van der Waals surface area contributed by atoms with Crippen LogP contribution in [-0.4, -0.2) is 33.2 Å². The molecule has 1 aromatic rings. The maximum Gasteiger partial charge on any atom is 0.240 e. The van der Waals surface area contributed by atoms with Crippen molar-refractivity contribution in [1.29, 1.82) is 0 Å². The molecule has 0 spiro atoms. The van der Waals surface area contributed by atoms with Crippen molar-refractivity contribution in [3.05, 3.63) is 30.1 Å². The van der Waals surface area contributed by atoms with E-state index in [-0.39, 0.29) is 17.6 Å². The van der Waals surface area contributed by atoms with Crippen LogP contribution in [0.2, 0.25) is 0 Å². The summed E-state index contributed by atoms with van der Waals surface area (Å²) >= 11 is 0. The van der Waals surface area contributed by atoms with E-state index in [2.05, 4.69) is 5.32 Å². The summed E-state index contributed by atoms with van der Waals surface area (Å²) < 4.78 is 38.2. The van der Waals surface area contributed by atoms with Gasteiger partial charge in [-0.15, -0.1) is 0 Å². The molecule has 0 aliphatic carbocycles. The van der Waals surface area contributed by atoms with Crippen LogP contribution in [0.15, 0.2) is 24.3 Å². The van der Waals surface area contributed by atoms with Gasteiger partial charge in [-0.05, 0) is 25.0 Å². The van der Waals surface area contributed by atoms with Crippen LogP contribution in [0.25, 0.3) is 0 Å². The molecule has 0 unspecified atom stereocenters. The maximum absolute atomic E-state index is 13.8. The molecule has 5 nitrogen and oxygen atoms in total. The second kappa shape index (κ2) is 6.89. The second-order valence-electron chi connectivity index (χ2n) is 5.32. The van der Waals surface area contributed by atoms with Gasteiger partial charge in [0.2, 0.25) is 15.9 Å². The number of hydrogen-bond acceptors (Lipinski definition) is 3. The SMILES string of the molecule is CC(C)[C@@H](C)NC(=O)CN(c1ccccc1F)S(C)(=O)=O. The Hall–Kier alpha value is -1.63. The molecule has 0 radical (unpaired) electrons. The van der Waals surface area contributed by atoms with E-state index in [0.717, 1.165) is 16.6 Å². The number of para-hydroxylation sites is 1. The lowest BCUT2D eigenvalue weighted by Gasteiger charge is -2.24. The van der Waals surface area contributed by atoms with Gasteiger partial charge < -0.3 is 5.32 Å². The molecule has 0 aliphatic rings. The summed E-state index contributed by atoms with van der Waals surface area (Å²) in [5.41, 5.74) is -0.132. The molecule has 1 amide bonds. The highest BCUT2D eigenvalue weighted by atomic mass is 32.2. The lowest BCUT2D eigenvalue weighted by Crippen LogP contribution is -2.44. The van der Waals surface area contributed by atoms with Gasteiger partial charge in [-0.25, -0.2) is 12.8 Å². The Labute approximate surface area is 125 Å². The van der Waals surface area contributed by atoms with Crippen molar-refractivity contribution < 1.29 is 17.6 Å². The number of rotatable bonds is 6. The minimum Gasteiger partial charge on any atom is -0.352 e. The Balaban J connectivity index is 2.97. The normalized spacial score (nSPS) is 13.0. The third-order valence-electron chi connectivity index (χ3n) is 3.20. The van der Waals surface area contributed by atoms with Gasteiger partial charge in [-0.1, -0.05) is 26.0 Å². The van der Waals surface area contributed by atoms with Crippen molar-refractivity contribution in [2.45, 2.75) is 26.8 Å². The van der Waals surface area contributed by atoms with E-state index in [1.807, 2.05) is 20.8 Å². The van der Waals surface area contributed by atoms with E-state index in [4.69, 9.17) is 0 Å². The Bertz CT molecular complexity index is 602. The van der Waals surface area contributed by atoms with Gasteiger partial charge in [-0.3, -0.25) is 9.10 Å². The standard InChI is InChI=1S/C14H21FN2O3S/c1-10(2)11(3)16-14(18)9-17(21(4,19)20)13-8-6-5-7-12(13)15/h5-8,10-11H,9H2,1-4H3,(H,16,18)/t11-/m1/s1. The van der Waals surface area contributed by atoms with E-state index >= 15 is 0 Å². The minimum absolute atomic E-state index is 0.0977. The van der Waals surface area contributed by atoms with Crippen molar-refractivity contribution in [3.63, 3.8) is 0 Å². The Morgan fingerprint density at radius 3 is 2.33 bits per heavy atom. The fourth-order valence-electron chi connectivity index (χ4n) is 1.63. The Morgan fingerprint density at radius 2 is 1.86 bits per heavy atom. The molecule has 1 aromatic carbocycles. The third-order valence-corrected chi connectivity index (χ3v) is 4.32. The summed E-state index contributed by atoms with van der Waals surface area (Å²) in [6.07, 6.45) is 0.943. The first-order valence-corrected chi connectivity index (χ1v) is 8.49. The first kappa shape index (κ1) is 17.4. The molecule has 0 aromatic heterocycles. The molecule has 1 N–H and O–H groups in total. The van der Waals surface area contributed by atoms with E-state index in [0.29, 0.717) is 0 Å². The lowest BCUT2D eigenvalue weighted by atomic mass is 10.1. The van der Waals surface area contributed by atoms with E-state index < -0.39 is 28.3 Å². The number of halogens is 1. The highest BCUT2D eigenvalue weighted by Crippen LogP contribution is 2.21. The number of anilines is 1. The van der Waals surface area contributed by atoms with Gasteiger partial charge in [0.15, 0.2) is 0 Å². The number of carbonyl (C=O) groups excluding carboxylic acids is 1. The monoisotopic (exact) mass is 316 g/mol. The van der Waals surface area contributed by atoms with Crippen LogP contribution in [0.4, 0.5) is 10.1 Å². The largest absolute Gasteiger partial charge is 0.352 e. The Morgan fingerprint density at radius 1 is 1.29 bits per heavy atom. The summed E-state index contributed by atoms with van der Waals surface area (Å²) in [6.45, 7) is 5.26. The molecule has 0 fully saturated rings. The van der Waals surface area contributed by atoms with Crippen molar-refractivity contribution in [2.24, 2.45) is 5.92 Å². The molecule has 0 heterocycles. The van der Waals surface area contributed by atoms with Crippen molar-refractivity contribution in [2.75, 3.05) is 17.1 Å². The van der Waals surface area contributed by atoms with Gasteiger partial charge >= 0.3 is 0 Å². The minimum atomic E-state index is -3.76. The van der Waals surface area contributed by atoms with Crippen LogP contribution in [-0.2, 0) is 14.8 Å². The molecule has 1 atom stereocenters. The summed E-state index contributed by atoms with van der Waals surface area (Å²) in [4.78, 5) is 12.0. The summed E-state index contributed by atoms with van der Waals surface area (Å²) in [7, 11) is -3.76. The van der Waals surface area contributed by atoms with Crippen LogP contribution < -0.4 is 9.62 Å². The predicted octanol–water partition coefficient (Wildman–Crippen LogP) is 1.75. The van der Waals surface area contributed by atoms with Crippen molar-refractivity contribution in [1.82, 2.24) is 5.32 Å². The summed E-state index contributed by atoms with van der Waals surface area (Å²) in [5, 5.41) is 2.70. The average Bonchev–Trinajstić information content (AvgIpc) is 2.35. The number of nitrogens with zero attached hydrogens (tertiary/aromatic N) is 1. The van der Waals surface area contributed by atoms with E-state index in [9.17, 15) is 17.6 Å². The average molecular weight is 316 g/mol. The van der Waals surface area contributed by atoms with Crippen molar-refractivity contribution >= 4 is 21.6 Å². The molecular formula is C14H21FN2O3S. The number of benzene rings is 1. The zero-order chi connectivity index (χ0) is 16.2. The number of nitrogens with one attached hydrogen (secondary N) is 1. The first-order chi connectivity index (χ1) is 9.62. The Kier molecular flexibility index (Phi) is 5.71. The van der Waals surface area contributed by atoms with Crippen molar-refractivity contribution in [3.8, 4) is 0 Å². The van der Waals surface area contributed by atoms with E-state index in [1.54, 1.807) is 0 Å². The lowest BCUT2D eigenvalue weighted by molar-refractivity contribution is -0.120. The highest BCUT2D eigenvalue weighted by molar-refractivity contribution is 7.92. The molecule has 0 bridgehead atoms. The summed E-state index contributed by atoms with van der Waals surface area (Å²) in [5.74, 6) is -0.938. The second-order valence-corrected chi connectivity index (χ2v) is 7.23. The first-order valence-electron chi connectivity index (χ1n) is 6.64. The predicted molar refractivity (Wildman–Crippen MR) is 81.0 cm³/mol. The van der Waals surface area contributed by atoms with E-state index in [1.165, 1.54) is 18.2 Å². The molecule has 1 rings (SSSR count). The van der Waals surface area contributed by atoms with Crippen LogP contribution in [0, 0.1) is 11.7 Å². The van der Waals surface area contributed by atoms with Crippen LogP contribution in [0.1, 0.15) is 20.8 Å². The molecule has 21 heavy (non-hydrogen) atoms. The molecule has 0 saturated carbocycles. The summed E-state index contributed by atoms with van der Waals surface area (Å²) in [6, 6.07) is 5.36. The van der Waals surface area contributed by atoms with Gasteiger partial charge in [0.05, 0.1) is 11.9 Å². The smallest absolute Gasteiger partial charge is 0.240 e. The van der Waals surface area contributed by atoms with Gasteiger partial charge in [-0.2, -0.15) is 0 Å². The number of carbonyl (C=O) groups is 1. The number of hydrogen-bond donors (Lipinski definition) is 1. The molecule has 0 aliphatic heterocycles. The van der Waals surface area contributed by atoms with Gasteiger partial charge in [0.25, 0.3) is 0 Å². The van der Waals surface area contributed by atoms with Gasteiger partial charge in [0.1, 0.15) is 12.4 Å². The fraction of sp³-hybridized carbons (Fsp3) is 0.500. The number of amides is 1. The topological polar surface area (TPSA) is 66.5 Å². The molecular weight excluding hydrogens is 295 g/mol. The van der Waals surface area contributed by atoms with Crippen LogP contribution in [0.5, 0.6) is 0 Å². The molecule has 118 valence electrons. The highest BCUT2D eigenvalue weighted by Gasteiger charge is 2.24. The van der Waals surface area contributed by atoms with Gasteiger partial charge in [0, 0.05) is 6.04 Å². The van der Waals surface area contributed by atoms with Crippen LogP contribution >= 0.6 is 0 Å². The zero-order valence-electron chi connectivity index (χ0n) is 12.6. The maximum atomic E-state index is 13.8. The zero-order valence-corrected chi connectivity index (χ0v) is 13.4. The number of sulfonamides is 1. The van der Waals surface area contributed by atoms with Crippen LogP contribution in [0.3, 0.4) is 0 Å². The quantitative estimate of drug-likeness (QED) is 0.869.